The van der Waals surface area contributed by atoms with Crippen molar-refractivity contribution in [1.29, 1.82) is 0 Å². The average molecular weight is 523 g/mol. The van der Waals surface area contributed by atoms with Gasteiger partial charge in [0.25, 0.3) is 0 Å². The Bertz CT molecular complexity index is 1420. The number of fused-ring (bicyclic) bond motifs is 1. The van der Waals surface area contributed by atoms with Crippen molar-refractivity contribution < 1.29 is 9.59 Å². The van der Waals surface area contributed by atoms with Gasteiger partial charge in [-0.3, -0.25) is 14.6 Å². The van der Waals surface area contributed by atoms with Crippen LogP contribution in [0.1, 0.15) is 67.5 Å². The van der Waals surface area contributed by atoms with Gasteiger partial charge in [0, 0.05) is 29.7 Å². The number of H-pyrrole nitrogens is 1. The Hall–Kier alpha value is -3.93. The molecule has 2 atom stereocenters. The van der Waals surface area contributed by atoms with Crippen LogP contribution < -0.4 is 10.6 Å². The summed E-state index contributed by atoms with van der Waals surface area (Å²) in [5.74, 6) is -0.0466. The predicted octanol–water partition coefficient (Wildman–Crippen LogP) is 5.97. The zero-order valence-corrected chi connectivity index (χ0v) is 22.9. The van der Waals surface area contributed by atoms with E-state index in [4.69, 9.17) is 0 Å². The summed E-state index contributed by atoms with van der Waals surface area (Å²) in [5.41, 5.74) is 3.74. The second kappa shape index (κ2) is 11.9. The van der Waals surface area contributed by atoms with Gasteiger partial charge in [0.2, 0.25) is 11.8 Å². The molecule has 2 aromatic heterocycles. The fourth-order valence-corrected chi connectivity index (χ4v) is 5.96. The molecule has 1 aliphatic rings. The molecule has 1 saturated carbocycles. The maximum absolute atomic E-state index is 14.2. The van der Waals surface area contributed by atoms with E-state index >= 15 is 0 Å². The third-order valence-corrected chi connectivity index (χ3v) is 8.00. The number of hydrogen-bond acceptors (Lipinski definition) is 3. The first-order chi connectivity index (χ1) is 18.9. The molecular formula is C33H38N4O2. The number of benzene rings is 2. The highest BCUT2D eigenvalue weighted by Crippen LogP contribution is 2.34. The van der Waals surface area contributed by atoms with Gasteiger partial charge in [0.1, 0.15) is 5.54 Å². The summed E-state index contributed by atoms with van der Waals surface area (Å²) >= 11 is 0. The van der Waals surface area contributed by atoms with E-state index in [1.165, 1.54) is 6.42 Å². The Labute approximate surface area is 230 Å². The van der Waals surface area contributed by atoms with Crippen molar-refractivity contribution in [1.82, 2.24) is 20.6 Å². The molecule has 2 amide bonds. The Kier molecular flexibility index (Phi) is 8.10. The molecule has 5 rings (SSSR count). The molecule has 3 N–H and O–H groups in total. The summed E-state index contributed by atoms with van der Waals surface area (Å²) < 4.78 is 0. The van der Waals surface area contributed by atoms with Crippen molar-refractivity contribution in [3.63, 3.8) is 0 Å². The fraction of sp³-hybridized carbons (Fsp3) is 0.364. The van der Waals surface area contributed by atoms with Crippen LogP contribution in [0.5, 0.6) is 0 Å². The highest BCUT2D eigenvalue weighted by Gasteiger charge is 2.39. The van der Waals surface area contributed by atoms with Crippen molar-refractivity contribution in [2.75, 3.05) is 0 Å². The minimum Gasteiger partial charge on any atom is -0.361 e. The summed E-state index contributed by atoms with van der Waals surface area (Å²) in [5, 5.41) is 7.55. The third kappa shape index (κ3) is 6.39. The van der Waals surface area contributed by atoms with E-state index < -0.39 is 5.54 Å². The van der Waals surface area contributed by atoms with Crippen LogP contribution in [0.25, 0.3) is 10.9 Å². The molecule has 1 aliphatic carbocycles. The van der Waals surface area contributed by atoms with E-state index in [-0.39, 0.29) is 24.3 Å². The number of hydrogen-bond donors (Lipinski definition) is 3. The molecule has 6 nitrogen and oxygen atoms in total. The molecular weight excluding hydrogens is 484 g/mol. The molecule has 2 aromatic carbocycles. The third-order valence-electron chi connectivity index (χ3n) is 8.00. The average Bonchev–Trinajstić information content (AvgIpc) is 3.34. The first kappa shape index (κ1) is 26.7. The zero-order valence-electron chi connectivity index (χ0n) is 22.9. The van der Waals surface area contributed by atoms with Crippen molar-refractivity contribution in [3.8, 4) is 0 Å². The minimum absolute atomic E-state index is 0.176. The minimum atomic E-state index is -1.16. The van der Waals surface area contributed by atoms with Gasteiger partial charge < -0.3 is 15.6 Å². The molecule has 202 valence electrons. The second-order valence-electron chi connectivity index (χ2n) is 11.2. The lowest BCUT2D eigenvalue weighted by atomic mass is 9.81. The zero-order chi connectivity index (χ0) is 27.2. The van der Waals surface area contributed by atoms with Crippen LogP contribution >= 0.6 is 0 Å². The number of nitrogens with zero attached hydrogens (tertiary/aromatic N) is 1. The number of pyridine rings is 1. The van der Waals surface area contributed by atoms with E-state index in [1.807, 2.05) is 86.8 Å². The molecule has 4 aromatic rings. The molecule has 2 unspecified atom stereocenters. The molecule has 0 bridgehead atoms. The lowest BCUT2D eigenvalue weighted by Crippen LogP contribution is -2.59. The number of aromatic nitrogens is 2. The van der Waals surface area contributed by atoms with Crippen molar-refractivity contribution in [2.24, 2.45) is 5.92 Å². The number of para-hydroxylation sites is 1. The highest BCUT2D eigenvalue weighted by atomic mass is 16.2. The Morgan fingerprint density at radius 1 is 1.03 bits per heavy atom. The van der Waals surface area contributed by atoms with E-state index in [0.717, 1.165) is 59.0 Å². The van der Waals surface area contributed by atoms with Crippen LogP contribution in [-0.2, 0) is 22.4 Å². The molecule has 2 heterocycles. The highest BCUT2D eigenvalue weighted by molar-refractivity contribution is 5.93. The topological polar surface area (TPSA) is 86.9 Å². The quantitative estimate of drug-likeness (QED) is 0.253. The van der Waals surface area contributed by atoms with Gasteiger partial charge in [-0.25, -0.2) is 0 Å². The van der Waals surface area contributed by atoms with Gasteiger partial charge in [-0.1, -0.05) is 73.4 Å². The molecule has 0 radical (unpaired) electrons. The first-order valence-corrected chi connectivity index (χ1v) is 14.0. The van der Waals surface area contributed by atoms with Gasteiger partial charge in [-0.15, -0.1) is 0 Å². The van der Waals surface area contributed by atoms with Crippen LogP contribution in [-0.4, -0.2) is 27.3 Å². The smallest absolute Gasteiger partial charge is 0.246 e. The molecule has 0 spiro atoms. The fourth-order valence-electron chi connectivity index (χ4n) is 5.96. The lowest BCUT2D eigenvalue weighted by molar-refractivity contribution is -0.133. The van der Waals surface area contributed by atoms with Crippen LogP contribution in [0.4, 0.5) is 0 Å². The summed E-state index contributed by atoms with van der Waals surface area (Å²) in [6.07, 6.45) is 9.96. The Morgan fingerprint density at radius 2 is 1.82 bits per heavy atom. The normalized spacial score (nSPS) is 16.4. The molecule has 0 aliphatic heterocycles. The van der Waals surface area contributed by atoms with Crippen LogP contribution in [0.2, 0.25) is 0 Å². The van der Waals surface area contributed by atoms with Gasteiger partial charge in [-0.2, -0.15) is 0 Å². The van der Waals surface area contributed by atoms with Crippen LogP contribution in [0.3, 0.4) is 0 Å². The second-order valence-corrected chi connectivity index (χ2v) is 11.2. The maximum Gasteiger partial charge on any atom is 0.246 e. The monoisotopic (exact) mass is 522 g/mol. The standard InChI is InChI=1S/C33H38N4O2/c1-23-11-10-12-24(19-23)20-30(38)37-33(2,21-26-22-35-28-16-7-6-15-27(26)28)32(39)36-31(25-13-4-3-5-14-25)29-17-8-9-18-34-29/h6-12,15-19,22,25,31,35H,3-5,13-14,20-21H2,1-2H3,(H,36,39)(H,37,38). The van der Waals surface area contributed by atoms with Crippen molar-refractivity contribution in [3.05, 3.63) is 102 Å². The SMILES string of the molecule is Cc1cccc(CC(=O)NC(C)(Cc2c[nH]c3ccccc23)C(=O)NC(c2ccccn2)C2CCCCC2)c1. The van der Waals surface area contributed by atoms with Gasteiger partial charge in [0.05, 0.1) is 18.2 Å². The Balaban J connectivity index is 1.44. The number of nitrogens with one attached hydrogen (secondary N) is 3. The molecule has 39 heavy (non-hydrogen) atoms. The van der Waals surface area contributed by atoms with Crippen LogP contribution in [0, 0.1) is 12.8 Å². The number of aromatic amines is 1. The van der Waals surface area contributed by atoms with Gasteiger partial charge >= 0.3 is 0 Å². The maximum atomic E-state index is 14.2. The largest absolute Gasteiger partial charge is 0.361 e. The summed E-state index contributed by atoms with van der Waals surface area (Å²) in [6, 6.07) is 21.6. The number of carbonyl (C=O) groups excluding carboxylic acids is 2. The van der Waals surface area contributed by atoms with Crippen molar-refractivity contribution in [2.45, 2.75) is 70.4 Å². The number of carbonyl (C=O) groups is 2. The molecule has 0 saturated heterocycles. The van der Waals surface area contributed by atoms with Crippen LogP contribution in [0.15, 0.2) is 79.1 Å². The number of rotatable bonds is 9. The Morgan fingerprint density at radius 3 is 2.59 bits per heavy atom. The van der Waals surface area contributed by atoms with E-state index in [0.29, 0.717) is 12.3 Å². The lowest BCUT2D eigenvalue weighted by Gasteiger charge is -2.35. The van der Waals surface area contributed by atoms with Gasteiger partial charge in [-0.05, 0) is 61.9 Å². The molecule has 6 heteroatoms. The van der Waals surface area contributed by atoms with E-state index in [1.54, 1.807) is 6.20 Å². The number of aryl methyl sites for hydroxylation is 1. The van der Waals surface area contributed by atoms with Crippen molar-refractivity contribution >= 4 is 22.7 Å². The summed E-state index contributed by atoms with van der Waals surface area (Å²) in [4.78, 5) is 35.6. The predicted molar refractivity (Wildman–Crippen MR) is 155 cm³/mol. The van der Waals surface area contributed by atoms with Gasteiger partial charge in [0.15, 0.2) is 0 Å². The first-order valence-electron chi connectivity index (χ1n) is 14.0. The van der Waals surface area contributed by atoms with E-state index in [9.17, 15) is 9.59 Å². The van der Waals surface area contributed by atoms with E-state index in [2.05, 4.69) is 20.6 Å². The number of amides is 2. The molecule has 1 fully saturated rings. The summed E-state index contributed by atoms with van der Waals surface area (Å²) in [6.45, 7) is 3.85. The summed E-state index contributed by atoms with van der Waals surface area (Å²) in [7, 11) is 0.